The molecule has 2 rings (SSSR count). The third-order valence-electron chi connectivity index (χ3n) is 2.48. The van der Waals surface area contributed by atoms with E-state index in [0.717, 1.165) is 12.8 Å². The predicted octanol–water partition coefficient (Wildman–Crippen LogP) is -0.191. The fourth-order valence-electron chi connectivity index (χ4n) is 1.85. The summed E-state index contributed by atoms with van der Waals surface area (Å²) in [7, 11) is -3.00. The van der Waals surface area contributed by atoms with Crippen molar-refractivity contribution >= 4 is 10.0 Å². The van der Waals surface area contributed by atoms with Gasteiger partial charge in [0.25, 0.3) is 0 Å². The van der Waals surface area contributed by atoms with Crippen LogP contribution >= 0.6 is 0 Å². The van der Waals surface area contributed by atoms with Crippen molar-refractivity contribution in [3.63, 3.8) is 0 Å². The number of morpholine rings is 1. The number of rotatable bonds is 1. The maximum absolute atomic E-state index is 11.2. The molecule has 2 aliphatic rings. The highest BCUT2D eigenvalue weighted by Gasteiger charge is 2.36. The second-order valence-corrected chi connectivity index (χ2v) is 5.52. The third kappa shape index (κ3) is 1.48. The van der Waals surface area contributed by atoms with Crippen LogP contribution in [0.3, 0.4) is 0 Å². The molecule has 2 saturated heterocycles. The van der Waals surface area contributed by atoms with Crippen molar-refractivity contribution in [3.05, 3.63) is 0 Å². The van der Waals surface area contributed by atoms with Gasteiger partial charge in [0.05, 0.1) is 18.5 Å². The predicted molar refractivity (Wildman–Crippen MR) is 44.3 cm³/mol. The molecule has 2 heterocycles. The van der Waals surface area contributed by atoms with E-state index in [1.807, 2.05) is 0 Å². The molecule has 2 unspecified atom stereocenters. The molecule has 0 aromatic carbocycles. The topological polar surface area (TPSA) is 46.6 Å². The smallest absolute Gasteiger partial charge is 0.211 e. The summed E-state index contributed by atoms with van der Waals surface area (Å²) in [5.74, 6) is 0. The maximum atomic E-state index is 11.2. The Morgan fingerprint density at radius 3 is 2.17 bits per heavy atom. The van der Waals surface area contributed by atoms with E-state index < -0.39 is 10.0 Å². The average molecular weight is 191 g/mol. The van der Waals surface area contributed by atoms with E-state index in [-0.39, 0.29) is 12.2 Å². The molecule has 0 aliphatic carbocycles. The van der Waals surface area contributed by atoms with Gasteiger partial charge in [-0.25, -0.2) is 8.42 Å². The van der Waals surface area contributed by atoms with Crippen LogP contribution in [0.4, 0.5) is 0 Å². The summed E-state index contributed by atoms with van der Waals surface area (Å²) < 4.78 is 29.4. The molecule has 0 aromatic heterocycles. The van der Waals surface area contributed by atoms with Gasteiger partial charge in [-0.1, -0.05) is 0 Å². The van der Waals surface area contributed by atoms with Crippen molar-refractivity contribution in [2.24, 2.45) is 0 Å². The fourth-order valence-corrected chi connectivity index (χ4v) is 2.72. The first-order valence-electron chi connectivity index (χ1n) is 4.16. The van der Waals surface area contributed by atoms with Crippen LogP contribution in [-0.2, 0) is 14.8 Å². The quantitative estimate of drug-likeness (QED) is 0.577. The largest absolute Gasteiger partial charge is 0.372 e. The zero-order valence-electron chi connectivity index (χ0n) is 7.06. The van der Waals surface area contributed by atoms with Gasteiger partial charge in [0.15, 0.2) is 0 Å². The summed E-state index contributed by atoms with van der Waals surface area (Å²) in [6.45, 7) is 1.10. The highest BCUT2D eigenvalue weighted by Crippen LogP contribution is 2.27. The van der Waals surface area contributed by atoms with Gasteiger partial charge in [-0.15, -0.1) is 0 Å². The van der Waals surface area contributed by atoms with E-state index >= 15 is 0 Å². The van der Waals surface area contributed by atoms with Crippen molar-refractivity contribution in [1.29, 1.82) is 0 Å². The molecule has 0 saturated carbocycles. The van der Waals surface area contributed by atoms with Gasteiger partial charge in [-0.2, -0.15) is 4.31 Å². The molecule has 4 nitrogen and oxygen atoms in total. The third-order valence-corrected chi connectivity index (χ3v) is 3.72. The Morgan fingerprint density at radius 2 is 1.75 bits per heavy atom. The second kappa shape index (κ2) is 2.68. The second-order valence-electron chi connectivity index (χ2n) is 3.54. The van der Waals surface area contributed by atoms with E-state index in [2.05, 4.69) is 0 Å². The SMILES string of the molecule is CS(=O)(=O)N1CC2CCC(C1)O2. The molecule has 0 aromatic rings. The molecule has 0 spiro atoms. The molecule has 0 N–H and O–H groups in total. The molecule has 2 fully saturated rings. The molecule has 2 atom stereocenters. The van der Waals surface area contributed by atoms with Crippen molar-refractivity contribution in [2.75, 3.05) is 19.3 Å². The molecular formula is C7H13NO3S. The van der Waals surface area contributed by atoms with Crippen LogP contribution in [0.25, 0.3) is 0 Å². The summed E-state index contributed by atoms with van der Waals surface area (Å²) in [5.41, 5.74) is 0. The number of ether oxygens (including phenoxy) is 1. The summed E-state index contributed by atoms with van der Waals surface area (Å²) in [5, 5.41) is 0. The first kappa shape index (κ1) is 8.47. The molecule has 2 bridgehead atoms. The van der Waals surface area contributed by atoms with Crippen molar-refractivity contribution in [1.82, 2.24) is 4.31 Å². The number of sulfonamides is 1. The Bertz CT molecular complexity index is 262. The van der Waals surface area contributed by atoms with Crippen LogP contribution in [0, 0.1) is 0 Å². The number of hydrogen-bond donors (Lipinski definition) is 0. The van der Waals surface area contributed by atoms with Gasteiger partial charge in [-0.3, -0.25) is 0 Å². The fraction of sp³-hybridized carbons (Fsp3) is 1.00. The van der Waals surface area contributed by atoms with Crippen LogP contribution in [0.1, 0.15) is 12.8 Å². The zero-order chi connectivity index (χ0) is 8.77. The van der Waals surface area contributed by atoms with Crippen LogP contribution in [0.2, 0.25) is 0 Å². The summed E-state index contributed by atoms with van der Waals surface area (Å²) in [4.78, 5) is 0. The van der Waals surface area contributed by atoms with E-state index in [1.165, 1.54) is 10.6 Å². The Hall–Kier alpha value is -0.130. The van der Waals surface area contributed by atoms with Crippen molar-refractivity contribution in [3.8, 4) is 0 Å². The van der Waals surface area contributed by atoms with Gasteiger partial charge < -0.3 is 4.74 Å². The lowest BCUT2D eigenvalue weighted by atomic mass is 10.2. The van der Waals surface area contributed by atoms with Gasteiger partial charge >= 0.3 is 0 Å². The number of nitrogens with zero attached hydrogens (tertiary/aromatic N) is 1. The van der Waals surface area contributed by atoms with Crippen molar-refractivity contribution in [2.45, 2.75) is 25.0 Å². The van der Waals surface area contributed by atoms with E-state index in [4.69, 9.17) is 4.74 Å². The monoisotopic (exact) mass is 191 g/mol. The highest BCUT2D eigenvalue weighted by molar-refractivity contribution is 7.88. The van der Waals surface area contributed by atoms with Gasteiger partial charge in [0.1, 0.15) is 0 Å². The lowest BCUT2D eigenvalue weighted by molar-refractivity contribution is -0.0112. The van der Waals surface area contributed by atoms with E-state index in [1.54, 1.807) is 0 Å². The molecule has 2 aliphatic heterocycles. The first-order chi connectivity index (χ1) is 5.55. The molecule has 12 heavy (non-hydrogen) atoms. The number of fused-ring (bicyclic) bond motifs is 2. The van der Waals surface area contributed by atoms with Crippen LogP contribution in [-0.4, -0.2) is 44.3 Å². The Kier molecular flexibility index (Phi) is 1.89. The standard InChI is InChI=1S/C7H13NO3S/c1-12(9,10)8-4-6-2-3-7(5-8)11-6/h6-7H,2-5H2,1H3. The van der Waals surface area contributed by atoms with Crippen molar-refractivity contribution < 1.29 is 13.2 Å². The minimum absolute atomic E-state index is 0.151. The summed E-state index contributed by atoms with van der Waals surface area (Å²) in [6.07, 6.45) is 3.59. The minimum atomic E-state index is -3.00. The minimum Gasteiger partial charge on any atom is -0.372 e. The normalized spacial score (nSPS) is 37.1. The molecule has 0 amide bonds. The van der Waals surface area contributed by atoms with Gasteiger partial charge in [-0.05, 0) is 12.8 Å². The summed E-state index contributed by atoms with van der Waals surface area (Å²) >= 11 is 0. The lowest BCUT2D eigenvalue weighted by Gasteiger charge is -2.29. The Labute approximate surface area is 72.6 Å². The van der Waals surface area contributed by atoms with Gasteiger partial charge in [0, 0.05) is 13.1 Å². The Balaban J connectivity index is 2.13. The van der Waals surface area contributed by atoms with Crippen LogP contribution in [0.5, 0.6) is 0 Å². The maximum Gasteiger partial charge on any atom is 0.211 e. The first-order valence-corrected chi connectivity index (χ1v) is 6.01. The highest BCUT2D eigenvalue weighted by atomic mass is 32.2. The Morgan fingerprint density at radius 1 is 1.25 bits per heavy atom. The molecule has 70 valence electrons. The summed E-state index contributed by atoms with van der Waals surface area (Å²) in [6, 6.07) is 0. The lowest BCUT2D eigenvalue weighted by Crippen LogP contribution is -2.45. The van der Waals surface area contributed by atoms with Crippen LogP contribution in [0.15, 0.2) is 0 Å². The molecule has 5 heteroatoms. The number of hydrogen-bond acceptors (Lipinski definition) is 3. The van der Waals surface area contributed by atoms with E-state index in [9.17, 15) is 8.42 Å². The van der Waals surface area contributed by atoms with Gasteiger partial charge in [0.2, 0.25) is 10.0 Å². The van der Waals surface area contributed by atoms with E-state index in [0.29, 0.717) is 13.1 Å². The molecule has 0 radical (unpaired) electrons. The van der Waals surface area contributed by atoms with Crippen LogP contribution < -0.4 is 0 Å². The zero-order valence-corrected chi connectivity index (χ0v) is 7.88. The molecular weight excluding hydrogens is 178 g/mol. The average Bonchev–Trinajstić information content (AvgIpc) is 2.28.